The summed E-state index contributed by atoms with van der Waals surface area (Å²) in [6.07, 6.45) is 2.91. The van der Waals surface area contributed by atoms with Gasteiger partial charge >= 0.3 is 0 Å². The molecule has 0 radical (unpaired) electrons. The molecule has 1 aliphatic heterocycles. The lowest BCUT2D eigenvalue weighted by Crippen LogP contribution is -2.55. The molecule has 1 saturated carbocycles. The van der Waals surface area contributed by atoms with E-state index in [-0.39, 0.29) is 18.9 Å². The number of fused-ring (bicyclic) bond motifs is 1. The van der Waals surface area contributed by atoms with Crippen LogP contribution in [0, 0.1) is 4.91 Å². The Hall–Kier alpha value is -3.79. The minimum absolute atomic E-state index is 0.0612. The maximum atomic E-state index is 14.1. The number of nitrogens with zero attached hydrogens (tertiary/aromatic N) is 2. The Morgan fingerprint density at radius 1 is 0.976 bits per heavy atom. The molecule has 42 heavy (non-hydrogen) atoms. The molecule has 0 spiro atoms. The van der Waals surface area contributed by atoms with Gasteiger partial charge in [-0.1, -0.05) is 89.8 Å². The highest BCUT2D eigenvalue weighted by Crippen LogP contribution is 2.48. The molecule has 4 atom stereocenters. The highest BCUT2D eigenvalue weighted by molar-refractivity contribution is 6.35. The molecule has 3 aromatic carbocycles. The van der Waals surface area contributed by atoms with E-state index in [1.807, 2.05) is 0 Å². The first-order valence-corrected chi connectivity index (χ1v) is 14.5. The van der Waals surface area contributed by atoms with Crippen molar-refractivity contribution in [2.24, 2.45) is 10.9 Å². The van der Waals surface area contributed by atoms with Crippen molar-refractivity contribution in [3.8, 4) is 0 Å². The summed E-state index contributed by atoms with van der Waals surface area (Å²) in [5.41, 5.74) is 10.8. The molecule has 0 unspecified atom stereocenters. The zero-order valence-electron chi connectivity index (χ0n) is 22.7. The highest BCUT2D eigenvalue weighted by Gasteiger charge is 2.49. The smallest absolute Gasteiger partial charge is 0.255 e. The first-order valence-electron chi connectivity index (χ1n) is 13.7. The second kappa shape index (κ2) is 13.0. The molecule has 218 valence electrons. The molecule has 2 aliphatic rings. The van der Waals surface area contributed by atoms with Crippen molar-refractivity contribution >= 4 is 40.9 Å². The number of benzene rings is 3. The zero-order chi connectivity index (χ0) is 29.8. The number of primary amides is 1. The number of rotatable bonds is 9. The van der Waals surface area contributed by atoms with Gasteiger partial charge in [0.05, 0.1) is 31.0 Å². The first-order chi connectivity index (χ1) is 20.3. The second-order valence-electron chi connectivity index (χ2n) is 10.6. The number of nitrogens with one attached hydrogen (secondary N) is 1. The summed E-state index contributed by atoms with van der Waals surface area (Å²) in [7, 11) is 0. The molecule has 0 bridgehead atoms. The molecule has 9 nitrogen and oxygen atoms in total. The quantitative estimate of drug-likeness (QED) is 0.240. The standard InChI is InChI=1S/C31H30Cl2N4O5/c32-20-13-14-23(24(33)16-20)29-28(30(39)36-42-17-19-11-9-18(10-12-19)15-27(34)38)21-5-1-2-6-22(21)31(40)37(29)26-8-4-3-7-25(26)35-41/h1-2,5-6,9-14,16,25-26,28-29H,3-4,7-8,15,17H2,(H2,34,38)(H,36,39)/t25-,26-,28+,29-/m0/s1. The van der Waals surface area contributed by atoms with Crippen LogP contribution in [0.5, 0.6) is 0 Å². The number of nitroso groups, excluding NO2 is 1. The fourth-order valence-electron chi connectivity index (χ4n) is 6.02. The predicted octanol–water partition coefficient (Wildman–Crippen LogP) is 5.63. The molecular weight excluding hydrogens is 579 g/mol. The van der Waals surface area contributed by atoms with Crippen LogP contribution >= 0.6 is 23.2 Å². The minimum atomic E-state index is -0.912. The van der Waals surface area contributed by atoms with Gasteiger partial charge in [0.2, 0.25) is 5.91 Å². The van der Waals surface area contributed by atoms with Crippen LogP contribution < -0.4 is 11.2 Å². The Balaban J connectivity index is 1.50. The van der Waals surface area contributed by atoms with E-state index in [1.54, 1.807) is 71.6 Å². The summed E-state index contributed by atoms with van der Waals surface area (Å²) in [5, 5.41) is 4.09. The third-order valence-corrected chi connectivity index (χ3v) is 8.50. The van der Waals surface area contributed by atoms with Crippen LogP contribution in [0.2, 0.25) is 10.0 Å². The van der Waals surface area contributed by atoms with E-state index in [2.05, 4.69) is 10.7 Å². The lowest BCUT2D eigenvalue weighted by Gasteiger charge is -2.47. The normalized spacial score (nSPS) is 21.9. The first kappa shape index (κ1) is 29.7. The van der Waals surface area contributed by atoms with Crippen LogP contribution in [-0.2, 0) is 27.5 Å². The zero-order valence-corrected chi connectivity index (χ0v) is 24.2. The van der Waals surface area contributed by atoms with Crippen molar-refractivity contribution in [1.82, 2.24) is 10.4 Å². The Labute approximate surface area is 253 Å². The summed E-state index contributed by atoms with van der Waals surface area (Å²) in [6.45, 7) is 0.0612. The monoisotopic (exact) mass is 608 g/mol. The average molecular weight is 610 g/mol. The Bertz CT molecular complexity index is 1500. The minimum Gasteiger partial charge on any atom is -0.369 e. The molecule has 11 heteroatoms. The topological polar surface area (TPSA) is 131 Å². The lowest BCUT2D eigenvalue weighted by molar-refractivity contribution is -0.138. The third kappa shape index (κ3) is 6.18. The molecule has 1 heterocycles. The van der Waals surface area contributed by atoms with Gasteiger partial charge in [-0.05, 0) is 53.3 Å². The van der Waals surface area contributed by atoms with E-state index in [0.717, 1.165) is 24.0 Å². The van der Waals surface area contributed by atoms with Gasteiger partial charge in [0.15, 0.2) is 0 Å². The number of hydrogen-bond donors (Lipinski definition) is 2. The molecule has 5 rings (SSSR count). The van der Waals surface area contributed by atoms with E-state index < -0.39 is 35.9 Å². The van der Waals surface area contributed by atoms with Crippen LogP contribution in [0.3, 0.4) is 0 Å². The number of nitrogens with two attached hydrogens (primary N) is 1. The fourth-order valence-corrected chi connectivity index (χ4v) is 6.54. The van der Waals surface area contributed by atoms with Crippen LogP contribution in [0.1, 0.15) is 70.3 Å². The van der Waals surface area contributed by atoms with Crippen molar-refractivity contribution in [3.63, 3.8) is 0 Å². The molecular formula is C31H30Cl2N4O5. The van der Waals surface area contributed by atoms with E-state index >= 15 is 0 Å². The van der Waals surface area contributed by atoms with Gasteiger partial charge < -0.3 is 10.6 Å². The van der Waals surface area contributed by atoms with Gasteiger partial charge in [-0.25, -0.2) is 5.48 Å². The van der Waals surface area contributed by atoms with Crippen LogP contribution in [0.25, 0.3) is 0 Å². The molecule has 1 fully saturated rings. The summed E-state index contributed by atoms with van der Waals surface area (Å²) < 4.78 is 0. The molecule has 3 N–H and O–H groups in total. The van der Waals surface area contributed by atoms with Gasteiger partial charge in [0, 0.05) is 15.6 Å². The Morgan fingerprint density at radius 2 is 1.69 bits per heavy atom. The number of carbonyl (C=O) groups is 3. The molecule has 0 saturated heterocycles. The second-order valence-corrected chi connectivity index (χ2v) is 11.5. The summed E-state index contributed by atoms with van der Waals surface area (Å²) in [5.74, 6) is -2.11. The molecule has 0 aromatic heterocycles. The number of carbonyl (C=O) groups excluding carboxylic acids is 3. The van der Waals surface area contributed by atoms with Gasteiger partial charge in [-0.2, -0.15) is 4.91 Å². The maximum absolute atomic E-state index is 14.1. The Kier molecular flexibility index (Phi) is 9.21. The van der Waals surface area contributed by atoms with Gasteiger partial charge in [0.25, 0.3) is 11.8 Å². The van der Waals surface area contributed by atoms with E-state index in [9.17, 15) is 19.3 Å². The SMILES string of the molecule is NC(=O)Cc1ccc(CONC(=O)[C@@H]2c3ccccc3C(=O)N([C@H]3CCCC[C@@H]3N=O)[C@H]2c2ccc(Cl)cc2Cl)cc1. The van der Waals surface area contributed by atoms with Gasteiger partial charge in [-0.3, -0.25) is 19.2 Å². The van der Waals surface area contributed by atoms with Crippen LogP contribution in [0.15, 0.2) is 71.9 Å². The van der Waals surface area contributed by atoms with Crippen molar-refractivity contribution < 1.29 is 19.2 Å². The molecule has 3 amide bonds. The van der Waals surface area contributed by atoms with Crippen molar-refractivity contribution in [2.45, 2.75) is 62.8 Å². The van der Waals surface area contributed by atoms with Crippen molar-refractivity contribution in [2.75, 3.05) is 0 Å². The van der Waals surface area contributed by atoms with Crippen molar-refractivity contribution in [3.05, 3.63) is 109 Å². The lowest BCUT2D eigenvalue weighted by atomic mass is 9.76. The predicted molar refractivity (Wildman–Crippen MR) is 159 cm³/mol. The number of halogens is 2. The summed E-state index contributed by atoms with van der Waals surface area (Å²) in [4.78, 5) is 58.5. The maximum Gasteiger partial charge on any atom is 0.255 e. The van der Waals surface area contributed by atoms with Crippen LogP contribution in [0.4, 0.5) is 0 Å². The van der Waals surface area contributed by atoms with Crippen LogP contribution in [-0.4, -0.2) is 34.7 Å². The highest BCUT2D eigenvalue weighted by atomic mass is 35.5. The Morgan fingerprint density at radius 3 is 2.40 bits per heavy atom. The average Bonchev–Trinajstić information content (AvgIpc) is 2.98. The summed E-state index contributed by atoms with van der Waals surface area (Å²) in [6, 6.07) is 17.0. The number of hydroxylamine groups is 1. The summed E-state index contributed by atoms with van der Waals surface area (Å²) >= 11 is 12.9. The van der Waals surface area contributed by atoms with E-state index in [4.69, 9.17) is 33.8 Å². The van der Waals surface area contributed by atoms with Gasteiger partial charge in [0.1, 0.15) is 6.04 Å². The van der Waals surface area contributed by atoms with Gasteiger partial charge in [-0.15, -0.1) is 0 Å². The molecule has 3 aromatic rings. The largest absolute Gasteiger partial charge is 0.369 e. The van der Waals surface area contributed by atoms with E-state index in [0.29, 0.717) is 39.6 Å². The molecule has 1 aliphatic carbocycles. The number of hydrogen-bond acceptors (Lipinski definition) is 6. The number of amides is 3. The fraction of sp³-hybridized carbons (Fsp3) is 0.323. The van der Waals surface area contributed by atoms with E-state index in [1.165, 1.54) is 0 Å². The van der Waals surface area contributed by atoms with Crippen molar-refractivity contribution in [1.29, 1.82) is 0 Å². The third-order valence-electron chi connectivity index (χ3n) is 7.94.